The normalized spacial score (nSPS) is 12.0. The Balaban J connectivity index is 2.66. The quantitative estimate of drug-likeness (QED) is 0.812. The molecule has 1 N–H and O–H groups in total. The number of aromatic nitrogens is 1. The average molecular weight is 207 g/mol. The predicted octanol–water partition coefficient (Wildman–Crippen LogP) is 1.28. The van der Waals surface area contributed by atoms with E-state index in [0.29, 0.717) is 0 Å². The molecule has 0 saturated carbocycles. The topological polar surface area (TPSA) is 45.2 Å². The first-order valence-electron chi connectivity index (χ1n) is 4.91. The monoisotopic (exact) mass is 207 g/mol. The molecule has 0 aliphatic rings. The number of pyridine rings is 1. The molecular weight excluding hydrogens is 190 g/mol. The first-order chi connectivity index (χ1) is 7.00. The van der Waals surface area contributed by atoms with Crippen molar-refractivity contribution in [2.75, 3.05) is 19.4 Å². The Morgan fingerprint density at radius 1 is 1.53 bits per heavy atom. The molecule has 0 radical (unpaired) electrons. The fourth-order valence-electron chi connectivity index (χ4n) is 1.33. The summed E-state index contributed by atoms with van der Waals surface area (Å²) in [5.41, 5.74) is 1.86. The summed E-state index contributed by atoms with van der Waals surface area (Å²) in [5, 5.41) is 3.13. The molecule has 1 aromatic rings. The van der Waals surface area contributed by atoms with Gasteiger partial charge in [-0.15, -0.1) is 0 Å². The number of rotatable bonds is 3. The number of hydrogen-bond donors (Lipinski definition) is 1. The zero-order chi connectivity index (χ0) is 11.4. The van der Waals surface area contributed by atoms with Crippen molar-refractivity contribution in [3.8, 4) is 0 Å². The van der Waals surface area contributed by atoms with Crippen LogP contribution in [-0.4, -0.2) is 35.9 Å². The SMILES string of the molecule is Cc1cc(NC(C)C(=O)N(C)C)ccn1. The van der Waals surface area contributed by atoms with Gasteiger partial charge in [-0.25, -0.2) is 0 Å². The van der Waals surface area contributed by atoms with Gasteiger partial charge in [-0.05, 0) is 26.0 Å². The molecule has 0 saturated heterocycles. The molecule has 0 aliphatic carbocycles. The Morgan fingerprint density at radius 3 is 2.73 bits per heavy atom. The van der Waals surface area contributed by atoms with Crippen LogP contribution in [0, 0.1) is 6.92 Å². The molecule has 4 heteroatoms. The number of aryl methyl sites for hydroxylation is 1. The molecule has 0 aromatic carbocycles. The third-order valence-electron chi connectivity index (χ3n) is 2.09. The number of carbonyl (C=O) groups excluding carboxylic acids is 1. The lowest BCUT2D eigenvalue weighted by molar-refractivity contribution is -0.129. The van der Waals surface area contributed by atoms with E-state index in [1.165, 1.54) is 0 Å². The minimum absolute atomic E-state index is 0.0597. The zero-order valence-corrected chi connectivity index (χ0v) is 9.61. The number of nitrogens with one attached hydrogen (secondary N) is 1. The van der Waals surface area contributed by atoms with E-state index in [2.05, 4.69) is 10.3 Å². The Bertz CT molecular complexity index is 349. The molecule has 1 unspecified atom stereocenters. The van der Waals surface area contributed by atoms with Gasteiger partial charge in [-0.2, -0.15) is 0 Å². The van der Waals surface area contributed by atoms with E-state index < -0.39 is 0 Å². The van der Waals surface area contributed by atoms with Gasteiger partial charge >= 0.3 is 0 Å². The first-order valence-corrected chi connectivity index (χ1v) is 4.91. The van der Waals surface area contributed by atoms with Crippen molar-refractivity contribution in [3.05, 3.63) is 24.0 Å². The van der Waals surface area contributed by atoms with Crippen molar-refractivity contribution in [2.24, 2.45) is 0 Å². The highest BCUT2D eigenvalue weighted by Gasteiger charge is 2.13. The van der Waals surface area contributed by atoms with Gasteiger partial charge in [-0.1, -0.05) is 0 Å². The maximum absolute atomic E-state index is 11.6. The maximum atomic E-state index is 11.6. The van der Waals surface area contributed by atoms with Crippen molar-refractivity contribution in [3.63, 3.8) is 0 Å². The van der Waals surface area contributed by atoms with Crippen molar-refractivity contribution < 1.29 is 4.79 Å². The number of likely N-dealkylation sites (N-methyl/N-ethyl adjacent to an activating group) is 1. The van der Waals surface area contributed by atoms with Crippen LogP contribution in [0.15, 0.2) is 18.3 Å². The minimum Gasteiger partial charge on any atom is -0.374 e. The van der Waals surface area contributed by atoms with E-state index in [0.717, 1.165) is 11.4 Å². The third-order valence-corrected chi connectivity index (χ3v) is 2.09. The molecule has 0 spiro atoms. The number of anilines is 1. The van der Waals surface area contributed by atoms with Crippen LogP contribution in [0.3, 0.4) is 0 Å². The van der Waals surface area contributed by atoms with Crippen LogP contribution in [0.1, 0.15) is 12.6 Å². The van der Waals surface area contributed by atoms with E-state index in [1.54, 1.807) is 25.2 Å². The summed E-state index contributed by atoms with van der Waals surface area (Å²) in [6.45, 7) is 3.77. The Hall–Kier alpha value is -1.58. The van der Waals surface area contributed by atoms with E-state index in [4.69, 9.17) is 0 Å². The highest BCUT2D eigenvalue weighted by Crippen LogP contribution is 2.09. The molecular formula is C11H17N3O. The van der Waals surface area contributed by atoms with Crippen molar-refractivity contribution in [1.29, 1.82) is 0 Å². The second-order valence-corrected chi connectivity index (χ2v) is 3.78. The van der Waals surface area contributed by atoms with Crippen LogP contribution in [0.4, 0.5) is 5.69 Å². The van der Waals surface area contributed by atoms with Crippen LogP contribution >= 0.6 is 0 Å². The van der Waals surface area contributed by atoms with Gasteiger partial charge in [0.05, 0.1) is 0 Å². The smallest absolute Gasteiger partial charge is 0.244 e. The van der Waals surface area contributed by atoms with Gasteiger partial charge in [-0.3, -0.25) is 9.78 Å². The summed E-state index contributed by atoms with van der Waals surface area (Å²) in [6, 6.07) is 3.55. The lowest BCUT2D eigenvalue weighted by Crippen LogP contribution is -2.36. The molecule has 0 fully saturated rings. The minimum atomic E-state index is -0.221. The van der Waals surface area contributed by atoms with Crippen LogP contribution in [-0.2, 0) is 4.79 Å². The van der Waals surface area contributed by atoms with E-state index in [-0.39, 0.29) is 11.9 Å². The summed E-state index contributed by atoms with van der Waals surface area (Å²) in [4.78, 5) is 17.2. The van der Waals surface area contributed by atoms with Gasteiger partial charge in [0, 0.05) is 31.7 Å². The third kappa shape index (κ3) is 3.23. The first kappa shape index (κ1) is 11.5. The zero-order valence-electron chi connectivity index (χ0n) is 9.61. The molecule has 15 heavy (non-hydrogen) atoms. The van der Waals surface area contributed by atoms with Crippen molar-refractivity contribution in [1.82, 2.24) is 9.88 Å². The number of amides is 1. The van der Waals surface area contributed by atoms with Crippen molar-refractivity contribution in [2.45, 2.75) is 19.9 Å². The Labute approximate surface area is 90.3 Å². The molecule has 1 atom stereocenters. The molecule has 1 aromatic heterocycles. The molecule has 1 rings (SSSR count). The standard InChI is InChI=1S/C11H17N3O/c1-8-7-10(5-6-12-8)13-9(2)11(15)14(3)4/h5-7,9H,1-4H3,(H,12,13). The lowest BCUT2D eigenvalue weighted by atomic mass is 10.2. The van der Waals surface area contributed by atoms with E-state index >= 15 is 0 Å². The molecule has 1 heterocycles. The van der Waals surface area contributed by atoms with Gasteiger partial charge in [0.1, 0.15) is 6.04 Å². The Morgan fingerprint density at radius 2 is 2.20 bits per heavy atom. The second-order valence-electron chi connectivity index (χ2n) is 3.78. The summed E-state index contributed by atoms with van der Waals surface area (Å²) in [6.07, 6.45) is 1.73. The maximum Gasteiger partial charge on any atom is 0.244 e. The van der Waals surface area contributed by atoms with E-state index in [9.17, 15) is 4.79 Å². The molecule has 82 valence electrons. The number of carbonyl (C=O) groups is 1. The lowest BCUT2D eigenvalue weighted by Gasteiger charge is -2.18. The van der Waals surface area contributed by atoms with Crippen LogP contribution in [0.5, 0.6) is 0 Å². The van der Waals surface area contributed by atoms with Crippen molar-refractivity contribution >= 4 is 11.6 Å². The molecule has 0 aliphatic heterocycles. The van der Waals surface area contributed by atoms with Crippen LogP contribution in [0.2, 0.25) is 0 Å². The summed E-state index contributed by atoms with van der Waals surface area (Å²) in [5.74, 6) is 0.0597. The molecule has 4 nitrogen and oxygen atoms in total. The summed E-state index contributed by atoms with van der Waals surface area (Å²) in [7, 11) is 3.50. The Kier molecular flexibility index (Phi) is 3.66. The van der Waals surface area contributed by atoms with Crippen LogP contribution < -0.4 is 5.32 Å². The largest absolute Gasteiger partial charge is 0.374 e. The fraction of sp³-hybridized carbons (Fsp3) is 0.455. The molecule has 0 bridgehead atoms. The number of hydrogen-bond acceptors (Lipinski definition) is 3. The van der Waals surface area contributed by atoms with Gasteiger partial charge in [0.25, 0.3) is 0 Å². The van der Waals surface area contributed by atoms with Crippen LogP contribution in [0.25, 0.3) is 0 Å². The van der Waals surface area contributed by atoms with E-state index in [1.807, 2.05) is 26.0 Å². The van der Waals surface area contributed by atoms with Gasteiger partial charge in [0.15, 0.2) is 0 Å². The predicted molar refractivity (Wildman–Crippen MR) is 60.8 cm³/mol. The average Bonchev–Trinajstić information content (AvgIpc) is 2.16. The highest BCUT2D eigenvalue weighted by molar-refractivity contribution is 5.83. The van der Waals surface area contributed by atoms with Gasteiger partial charge < -0.3 is 10.2 Å². The fourth-order valence-corrected chi connectivity index (χ4v) is 1.33. The highest BCUT2D eigenvalue weighted by atomic mass is 16.2. The second kappa shape index (κ2) is 4.77. The summed E-state index contributed by atoms with van der Waals surface area (Å²) >= 11 is 0. The molecule has 1 amide bonds. The summed E-state index contributed by atoms with van der Waals surface area (Å²) < 4.78 is 0. The number of nitrogens with zero attached hydrogens (tertiary/aromatic N) is 2. The van der Waals surface area contributed by atoms with Gasteiger partial charge in [0.2, 0.25) is 5.91 Å².